The summed E-state index contributed by atoms with van der Waals surface area (Å²) < 4.78 is 18.6. The van der Waals surface area contributed by atoms with Crippen LogP contribution in [0.5, 0.6) is 0 Å². The lowest BCUT2D eigenvalue weighted by Crippen LogP contribution is -2.16. The average Bonchev–Trinajstić information content (AvgIpc) is 2.32. The first kappa shape index (κ1) is 16.0. The van der Waals surface area contributed by atoms with Gasteiger partial charge in [0, 0.05) is 9.37 Å². The predicted octanol–water partition coefficient (Wildman–Crippen LogP) is 3.33. The molecule has 0 heterocycles. The number of halogens is 2. The molecule has 1 aromatic carbocycles. The summed E-state index contributed by atoms with van der Waals surface area (Å²) in [7, 11) is 0. The summed E-state index contributed by atoms with van der Waals surface area (Å²) in [5.41, 5.74) is -0.429. The van der Waals surface area contributed by atoms with Gasteiger partial charge >= 0.3 is 11.9 Å². The maximum atomic E-state index is 13.4. The molecule has 104 valence electrons. The number of ether oxygens (including phenoxy) is 1. The molecule has 1 aromatic rings. The molecule has 0 aliphatic carbocycles. The summed E-state index contributed by atoms with van der Waals surface area (Å²) in [4.78, 5) is 22.8. The molecular formula is C12H12BrFO4S. The molecule has 7 heteroatoms. The Morgan fingerprint density at radius 1 is 1.53 bits per heavy atom. The van der Waals surface area contributed by atoms with Gasteiger partial charge in [0.15, 0.2) is 0 Å². The number of carboxylic acids is 1. The van der Waals surface area contributed by atoms with Crippen LogP contribution in [0.2, 0.25) is 0 Å². The molecule has 0 fully saturated rings. The summed E-state index contributed by atoms with van der Waals surface area (Å²) in [5, 5.41) is 8.34. The first-order valence-electron chi connectivity index (χ1n) is 5.42. The van der Waals surface area contributed by atoms with E-state index in [1.54, 1.807) is 13.8 Å². The van der Waals surface area contributed by atoms with Crippen molar-refractivity contribution < 1.29 is 23.8 Å². The Labute approximate surface area is 122 Å². The zero-order valence-corrected chi connectivity index (χ0v) is 12.7. The van der Waals surface area contributed by atoms with Crippen molar-refractivity contribution in [3.05, 3.63) is 28.0 Å². The molecule has 0 aliphatic heterocycles. The number of rotatable bonds is 5. The first-order valence-corrected chi connectivity index (χ1v) is 7.09. The topological polar surface area (TPSA) is 63.6 Å². The number of carboxylic acid groups (broad SMARTS) is 1. The smallest absolute Gasteiger partial charge is 0.338 e. The van der Waals surface area contributed by atoms with Crippen LogP contribution >= 0.6 is 27.7 Å². The van der Waals surface area contributed by atoms with E-state index in [9.17, 15) is 14.0 Å². The molecule has 0 amide bonds. The first-order chi connectivity index (χ1) is 8.86. The Bertz CT molecular complexity index is 507. The lowest BCUT2D eigenvalue weighted by Gasteiger charge is -2.12. The molecule has 1 N–H and O–H groups in total. The molecule has 0 saturated heterocycles. The molecule has 0 bridgehead atoms. The van der Waals surface area contributed by atoms with E-state index in [-0.39, 0.29) is 6.61 Å². The summed E-state index contributed by atoms with van der Waals surface area (Å²) in [6, 6.07) is 2.27. The van der Waals surface area contributed by atoms with Crippen molar-refractivity contribution in [2.45, 2.75) is 24.0 Å². The largest absolute Gasteiger partial charge is 0.478 e. The van der Waals surface area contributed by atoms with Crippen molar-refractivity contribution in [2.24, 2.45) is 0 Å². The molecule has 1 rings (SSSR count). The van der Waals surface area contributed by atoms with Crippen LogP contribution in [0.1, 0.15) is 24.2 Å². The van der Waals surface area contributed by atoms with Crippen LogP contribution in [0, 0.1) is 5.82 Å². The SMILES string of the molecule is CCOC(=O)C(C)Sc1cc(C(=O)O)c(F)cc1Br. The molecule has 0 aromatic heterocycles. The second-order valence-corrected chi connectivity index (χ2v) is 5.82. The molecular weight excluding hydrogens is 339 g/mol. The second-order valence-electron chi connectivity index (χ2n) is 3.58. The van der Waals surface area contributed by atoms with Gasteiger partial charge in [0.1, 0.15) is 11.1 Å². The molecule has 1 atom stereocenters. The molecule has 0 aliphatic rings. The molecule has 1 unspecified atom stereocenters. The quantitative estimate of drug-likeness (QED) is 0.651. The molecule has 19 heavy (non-hydrogen) atoms. The standard InChI is InChI=1S/C12H12BrFO4S/c1-3-18-12(17)6(2)19-10-4-7(11(15)16)9(14)5-8(10)13/h4-6H,3H2,1-2H3,(H,15,16). The van der Waals surface area contributed by atoms with Crippen LogP contribution < -0.4 is 0 Å². The Balaban J connectivity index is 2.98. The molecule has 0 saturated carbocycles. The lowest BCUT2D eigenvalue weighted by atomic mass is 10.2. The fourth-order valence-electron chi connectivity index (χ4n) is 1.28. The minimum atomic E-state index is -1.35. The van der Waals surface area contributed by atoms with Crippen LogP contribution in [0.3, 0.4) is 0 Å². The van der Waals surface area contributed by atoms with Crippen LogP contribution in [0.4, 0.5) is 4.39 Å². The zero-order valence-electron chi connectivity index (χ0n) is 10.3. The fraction of sp³-hybridized carbons (Fsp3) is 0.333. The van der Waals surface area contributed by atoms with Crippen LogP contribution in [-0.4, -0.2) is 28.9 Å². The van der Waals surface area contributed by atoms with E-state index in [0.717, 1.165) is 17.8 Å². The average molecular weight is 351 g/mol. The third-order valence-electron chi connectivity index (χ3n) is 2.17. The maximum absolute atomic E-state index is 13.4. The number of hydrogen-bond donors (Lipinski definition) is 1. The van der Waals surface area contributed by atoms with Gasteiger partial charge in [-0.25, -0.2) is 9.18 Å². The second kappa shape index (κ2) is 6.91. The number of esters is 1. The highest BCUT2D eigenvalue weighted by Crippen LogP contribution is 2.33. The molecule has 4 nitrogen and oxygen atoms in total. The molecule has 0 spiro atoms. The Hall–Kier alpha value is -1.08. The lowest BCUT2D eigenvalue weighted by molar-refractivity contribution is -0.142. The minimum Gasteiger partial charge on any atom is -0.478 e. The van der Waals surface area contributed by atoms with Crippen molar-refractivity contribution in [3.8, 4) is 0 Å². The van der Waals surface area contributed by atoms with E-state index in [1.165, 1.54) is 6.07 Å². The van der Waals surface area contributed by atoms with Gasteiger partial charge in [-0.05, 0) is 41.9 Å². The summed E-state index contributed by atoms with van der Waals surface area (Å²) in [5.74, 6) is -2.58. The monoisotopic (exact) mass is 350 g/mol. The maximum Gasteiger partial charge on any atom is 0.338 e. The van der Waals surface area contributed by atoms with Gasteiger partial charge < -0.3 is 9.84 Å². The minimum absolute atomic E-state index is 0.273. The van der Waals surface area contributed by atoms with Gasteiger partial charge in [-0.3, -0.25) is 4.79 Å². The zero-order chi connectivity index (χ0) is 14.6. The fourth-order valence-corrected chi connectivity index (χ4v) is 2.78. The van der Waals surface area contributed by atoms with Gasteiger partial charge in [-0.1, -0.05) is 0 Å². The highest BCUT2D eigenvalue weighted by molar-refractivity contribution is 9.10. The molecule has 0 radical (unpaired) electrons. The summed E-state index contributed by atoms with van der Waals surface area (Å²) in [6.45, 7) is 3.61. The van der Waals surface area contributed by atoms with Crippen molar-refractivity contribution in [1.82, 2.24) is 0 Å². The normalized spacial score (nSPS) is 12.0. The van der Waals surface area contributed by atoms with E-state index in [4.69, 9.17) is 9.84 Å². The van der Waals surface area contributed by atoms with Crippen molar-refractivity contribution in [3.63, 3.8) is 0 Å². The van der Waals surface area contributed by atoms with Gasteiger partial charge in [0.25, 0.3) is 0 Å². The van der Waals surface area contributed by atoms with Crippen LogP contribution in [0.15, 0.2) is 21.5 Å². The number of hydrogen-bond acceptors (Lipinski definition) is 4. The third-order valence-corrected chi connectivity index (χ3v) is 4.23. The van der Waals surface area contributed by atoms with E-state index in [1.807, 2.05) is 0 Å². The Morgan fingerprint density at radius 2 is 2.16 bits per heavy atom. The van der Waals surface area contributed by atoms with E-state index in [0.29, 0.717) is 9.37 Å². The Morgan fingerprint density at radius 3 is 2.68 bits per heavy atom. The van der Waals surface area contributed by atoms with E-state index >= 15 is 0 Å². The Kier molecular flexibility index (Phi) is 5.81. The van der Waals surface area contributed by atoms with Crippen molar-refractivity contribution in [1.29, 1.82) is 0 Å². The van der Waals surface area contributed by atoms with Crippen LogP contribution in [0.25, 0.3) is 0 Å². The number of thioether (sulfide) groups is 1. The number of carbonyl (C=O) groups is 2. The van der Waals surface area contributed by atoms with Crippen LogP contribution in [-0.2, 0) is 9.53 Å². The van der Waals surface area contributed by atoms with Gasteiger partial charge in [-0.15, -0.1) is 11.8 Å². The van der Waals surface area contributed by atoms with E-state index in [2.05, 4.69) is 15.9 Å². The summed E-state index contributed by atoms with van der Waals surface area (Å²) in [6.07, 6.45) is 0. The van der Waals surface area contributed by atoms with Gasteiger partial charge in [0.05, 0.1) is 12.2 Å². The van der Waals surface area contributed by atoms with Gasteiger partial charge in [0.2, 0.25) is 0 Å². The van der Waals surface area contributed by atoms with Gasteiger partial charge in [-0.2, -0.15) is 0 Å². The number of carbonyl (C=O) groups excluding carboxylic acids is 1. The van der Waals surface area contributed by atoms with Crippen molar-refractivity contribution in [2.75, 3.05) is 6.61 Å². The van der Waals surface area contributed by atoms with Crippen molar-refractivity contribution >= 4 is 39.6 Å². The predicted molar refractivity (Wildman–Crippen MR) is 73.0 cm³/mol. The number of benzene rings is 1. The van der Waals surface area contributed by atoms with E-state index < -0.39 is 28.6 Å². The highest BCUT2D eigenvalue weighted by Gasteiger charge is 2.20. The number of aromatic carboxylic acids is 1. The summed E-state index contributed by atoms with van der Waals surface area (Å²) >= 11 is 4.25. The highest BCUT2D eigenvalue weighted by atomic mass is 79.9. The third kappa shape index (κ3) is 4.21.